The summed E-state index contributed by atoms with van der Waals surface area (Å²) in [6.07, 6.45) is 0.927. The van der Waals surface area contributed by atoms with Gasteiger partial charge in [-0.3, -0.25) is 9.69 Å². The molecule has 0 unspecified atom stereocenters. The number of para-hydroxylation sites is 1. The molecule has 3 heterocycles. The zero-order chi connectivity index (χ0) is 17.8. The molecule has 0 spiro atoms. The molecule has 0 aliphatic carbocycles. The van der Waals surface area contributed by atoms with E-state index in [0.717, 1.165) is 61.7 Å². The first-order chi connectivity index (χ1) is 12.8. The lowest BCUT2D eigenvalue weighted by molar-refractivity contribution is -0.119. The van der Waals surface area contributed by atoms with Crippen molar-refractivity contribution in [1.29, 1.82) is 0 Å². The molecule has 0 atom stereocenters. The van der Waals surface area contributed by atoms with Gasteiger partial charge in [0.25, 0.3) is 0 Å². The van der Waals surface area contributed by atoms with Gasteiger partial charge in [-0.2, -0.15) is 0 Å². The van der Waals surface area contributed by atoms with Gasteiger partial charge in [-0.15, -0.1) is 11.3 Å². The molecule has 1 aromatic carbocycles. The second-order valence-electron chi connectivity index (χ2n) is 6.36. The zero-order valence-electron chi connectivity index (χ0n) is 14.5. The minimum absolute atomic E-state index is 0.700. The lowest BCUT2D eigenvalue weighted by atomic mass is 10.2. The Morgan fingerprint density at radius 1 is 1.08 bits per heavy atom. The van der Waals surface area contributed by atoms with E-state index in [1.54, 1.807) is 11.3 Å². The Morgan fingerprint density at radius 2 is 1.92 bits per heavy atom. The number of aromatic nitrogens is 2. The van der Waals surface area contributed by atoms with Crippen molar-refractivity contribution in [1.82, 2.24) is 19.8 Å². The van der Waals surface area contributed by atoms with Crippen molar-refractivity contribution < 1.29 is 4.79 Å². The normalized spacial score (nSPS) is 15.3. The van der Waals surface area contributed by atoms with E-state index in [4.69, 9.17) is 9.97 Å². The second kappa shape index (κ2) is 7.80. The molecule has 1 saturated heterocycles. The number of fused-ring (bicyclic) bond motifs is 1. The second-order valence-corrected chi connectivity index (χ2v) is 7.39. The summed E-state index contributed by atoms with van der Waals surface area (Å²) in [6, 6.07) is 12.3. The third-order valence-electron chi connectivity index (χ3n) is 4.58. The summed E-state index contributed by atoms with van der Waals surface area (Å²) in [4.78, 5) is 25.8. The molecule has 1 N–H and O–H groups in total. The number of rotatable bonds is 6. The van der Waals surface area contributed by atoms with E-state index in [1.807, 2.05) is 23.1 Å². The average Bonchev–Trinajstić information content (AvgIpc) is 3.20. The highest BCUT2D eigenvalue weighted by molar-refractivity contribution is 7.09. The van der Waals surface area contributed by atoms with Gasteiger partial charge in [0.15, 0.2) is 0 Å². The first-order valence-corrected chi connectivity index (χ1v) is 9.63. The fourth-order valence-corrected chi connectivity index (χ4v) is 3.79. The Hall–Kier alpha value is -2.51. The first kappa shape index (κ1) is 16.9. The van der Waals surface area contributed by atoms with Crippen molar-refractivity contribution in [3.63, 3.8) is 0 Å². The number of anilines is 1. The van der Waals surface area contributed by atoms with Crippen molar-refractivity contribution in [2.45, 2.75) is 13.1 Å². The maximum Gasteiger partial charge on any atom is 0.209 e. The quantitative estimate of drug-likeness (QED) is 0.679. The molecule has 1 aliphatic rings. The van der Waals surface area contributed by atoms with Crippen molar-refractivity contribution in [3.8, 4) is 0 Å². The van der Waals surface area contributed by atoms with Crippen LogP contribution in [0.4, 0.5) is 5.82 Å². The maximum atomic E-state index is 10.9. The van der Waals surface area contributed by atoms with Crippen LogP contribution in [0.1, 0.15) is 10.7 Å². The molecule has 0 saturated carbocycles. The Bertz CT molecular complexity index is 875. The van der Waals surface area contributed by atoms with E-state index in [9.17, 15) is 4.79 Å². The van der Waals surface area contributed by atoms with Crippen LogP contribution in [0.15, 0.2) is 41.8 Å². The summed E-state index contributed by atoms with van der Waals surface area (Å²) < 4.78 is 0. The van der Waals surface area contributed by atoms with Crippen LogP contribution in [0.2, 0.25) is 0 Å². The van der Waals surface area contributed by atoms with Crippen LogP contribution >= 0.6 is 11.3 Å². The number of piperazine rings is 1. The highest BCUT2D eigenvalue weighted by Crippen LogP contribution is 2.22. The topological polar surface area (TPSA) is 61.4 Å². The number of hydrogen-bond donors (Lipinski definition) is 1. The minimum atomic E-state index is 0.700. The van der Waals surface area contributed by atoms with Crippen molar-refractivity contribution in [2.24, 2.45) is 0 Å². The number of amides is 1. The number of benzene rings is 1. The van der Waals surface area contributed by atoms with Crippen molar-refractivity contribution >= 4 is 34.5 Å². The van der Waals surface area contributed by atoms with E-state index < -0.39 is 0 Å². The van der Waals surface area contributed by atoms with Crippen LogP contribution in [0.25, 0.3) is 10.9 Å². The van der Waals surface area contributed by atoms with Gasteiger partial charge in [-0.05, 0) is 23.6 Å². The van der Waals surface area contributed by atoms with Gasteiger partial charge in [0.1, 0.15) is 11.6 Å². The predicted molar refractivity (Wildman–Crippen MR) is 104 cm³/mol. The fraction of sp³-hybridized carbons (Fsp3) is 0.316. The monoisotopic (exact) mass is 367 g/mol. The molecule has 0 radical (unpaired) electrons. The summed E-state index contributed by atoms with van der Waals surface area (Å²) in [5, 5.41) is 6.59. The van der Waals surface area contributed by atoms with Crippen LogP contribution in [0.5, 0.6) is 0 Å². The van der Waals surface area contributed by atoms with E-state index in [2.05, 4.69) is 33.8 Å². The Labute approximate surface area is 156 Å². The number of nitrogens with one attached hydrogen (secondary N) is 1. The highest BCUT2D eigenvalue weighted by atomic mass is 32.1. The molecule has 2 aromatic heterocycles. The molecule has 1 amide bonds. The van der Waals surface area contributed by atoms with E-state index in [0.29, 0.717) is 6.54 Å². The smallest absolute Gasteiger partial charge is 0.209 e. The standard InChI is InChI=1S/C19H21N5OS/c25-14-24-9-7-23(8-10-24)13-18-21-17-6-2-1-5-16(17)19(22-18)20-12-15-4-3-11-26-15/h1-6,11,14H,7-10,12-13H2,(H,20,21,22). The molecule has 7 heteroatoms. The van der Waals surface area contributed by atoms with Crippen LogP contribution in [-0.2, 0) is 17.9 Å². The van der Waals surface area contributed by atoms with E-state index >= 15 is 0 Å². The minimum Gasteiger partial charge on any atom is -0.365 e. The van der Waals surface area contributed by atoms with Crippen LogP contribution in [0.3, 0.4) is 0 Å². The van der Waals surface area contributed by atoms with Crippen LogP contribution in [-0.4, -0.2) is 52.4 Å². The van der Waals surface area contributed by atoms with Gasteiger partial charge in [0.05, 0.1) is 18.6 Å². The molecule has 6 nitrogen and oxygen atoms in total. The number of hydrogen-bond acceptors (Lipinski definition) is 6. The van der Waals surface area contributed by atoms with Crippen LogP contribution in [0, 0.1) is 0 Å². The summed E-state index contributed by atoms with van der Waals surface area (Å²) in [6.45, 7) is 4.70. The van der Waals surface area contributed by atoms with Gasteiger partial charge in [0, 0.05) is 36.4 Å². The van der Waals surface area contributed by atoms with Gasteiger partial charge < -0.3 is 10.2 Å². The van der Waals surface area contributed by atoms with E-state index in [1.165, 1.54) is 4.88 Å². The molecular formula is C19H21N5OS. The van der Waals surface area contributed by atoms with Crippen LogP contribution < -0.4 is 5.32 Å². The molecular weight excluding hydrogens is 346 g/mol. The SMILES string of the molecule is O=CN1CCN(Cc2nc(NCc3cccs3)c3ccccc3n2)CC1. The molecule has 26 heavy (non-hydrogen) atoms. The summed E-state index contributed by atoms with van der Waals surface area (Å²) in [5.41, 5.74) is 0.956. The number of nitrogens with zero attached hydrogens (tertiary/aromatic N) is 4. The molecule has 1 fully saturated rings. The highest BCUT2D eigenvalue weighted by Gasteiger charge is 2.17. The molecule has 1 aliphatic heterocycles. The number of thiophene rings is 1. The average molecular weight is 367 g/mol. The first-order valence-electron chi connectivity index (χ1n) is 8.75. The molecule has 4 rings (SSSR count). The summed E-state index contributed by atoms with van der Waals surface area (Å²) >= 11 is 1.74. The Balaban J connectivity index is 1.54. The van der Waals surface area contributed by atoms with Gasteiger partial charge in [-0.1, -0.05) is 18.2 Å². The lowest BCUT2D eigenvalue weighted by Crippen LogP contribution is -2.45. The third-order valence-corrected chi connectivity index (χ3v) is 5.46. The molecule has 0 bridgehead atoms. The molecule has 3 aromatic rings. The van der Waals surface area contributed by atoms with Crippen molar-refractivity contribution in [3.05, 3.63) is 52.5 Å². The third kappa shape index (κ3) is 3.84. The Kier molecular flexibility index (Phi) is 5.08. The Morgan fingerprint density at radius 3 is 2.69 bits per heavy atom. The van der Waals surface area contributed by atoms with E-state index in [-0.39, 0.29) is 0 Å². The van der Waals surface area contributed by atoms with Gasteiger partial charge in [0.2, 0.25) is 6.41 Å². The summed E-state index contributed by atoms with van der Waals surface area (Å²) in [7, 11) is 0. The van der Waals surface area contributed by atoms with Gasteiger partial charge >= 0.3 is 0 Å². The lowest BCUT2D eigenvalue weighted by Gasteiger charge is -2.32. The molecule has 134 valence electrons. The fourth-order valence-electron chi connectivity index (χ4n) is 3.14. The van der Waals surface area contributed by atoms with Gasteiger partial charge in [-0.25, -0.2) is 9.97 Å². The number of carbonyl (C=O) groups excluding carboxylic acids is 1. The zero-order valence-corrected chi connectivity index (χ0v) is 15.3. The number of carbonyl (C=O) groups is 1. The van der Waals surface area contributed by atoms with Crippen molar-refractivity contribution in [2.75, 3.05) is 31.5 Å². The summed E-state index contributed by atoms with van der Waals surface area (Å²) in [5.74, 6) is 1.70. The maximum absolute atomic E-state index is 10.9. The predicted octanol–water partition coefficient (Wildman–Crippen LogP) is 2.58. The largest absolute Gasteiger partial charge is 0.365 e.